The van der Waals surface area contributed by atoms with Gasteiger partial charge in [-0.05, 0) is 12.8 Å². The SMILES string of the molecule is O=CN[C@H]1CCCCC1O. The first-order chi connectivity index (χ1) is 4.84. The summed E-state index contributed by atoms with van der Waals surface area (Å²) in [5.41, 5.74) is 0. The topological polar surface area (TPSA) is 49.3 Å². The number of rotatable bonds is 2. The summed E-state index contributed by atoms with van der Waals surface area (Å²) < 4.78 is 0. The third kappa shape index (κ3) is 1.70. The molecular formula is C7H13NO2. The monoisotopic (exact) mass is 143 g/mol. The second kappa shape index (κ2) is 3.56. The van der Waals surface area contributed by atoms with Crippen LogP contribution in [0.2, 0.25) is 0 Å². The van der Waals surface area contributed by atoms with E-state index in [1.54, 1.807) is 0 Å². The molecule has 1 fully saturated rings. The predicted octanol–water partition coefficient (Wildman–Crippen LogP) is 0.0359. The van der Waals surface area contributed by atoms with E-state index in [0.717, 1.165) is 25.7 Å². The van der Waals surface area contributed by atoms with Crippen molar-refractivity contribution < 1.29 is 9.90 Å². The summed E-state index contributed by atoms with van der Waals surface area (Å²) in [6.45, 7) is 0. The predicted molar refractivity (Wildman–Crippen MR) is 37.5 cm³/mol. The van der Waals surface area contributed by atoms with E-state index in [1.807, 2.05) is 0 Å². The maximum Gasteiger partial charge on any atom is 0.207 e. The molecule has 0 radical (unpaired) electrons. The molecule has 1 unspecified atom stereocenters. The molecular weight excluding hydrogens is 130 g/mol. The Hall–Kier alpha value is -0.570. The van der Waals surface area contributed by atoms with Crippen LogP contribution < -0.4 is 5.32 Å². The van der Waals surface area contributed by atoms with Gasteiger partial charge < -0.3 is 10.4 Å². The summed E-state index contributed by atoms with van der Waals surface area (Å²) in [7, 11) is 0. The average molecular weight is 143 g/mol. The van der Waals surface area contributed by atoms with Crippen LogP contribution in [0, 0.1) is 0 Å². The summed E-state index contributed by atoms with van der Waals surface area (Å²) in [4.78, 5) is 10.00. The largest absolute Gasteiger partial charge is 0.391 e. The molecule has 2 atom stereocenters. The second-order valence-electron chi connectivity index (χ2n) is 2.74. The summed E-state index contributed by atoms with van der Waals surface area (Å²) in [6, 6.07) is 0.00579. The minimum Gasteiger partial charge on any atom is -0.391 e. The highest BCUT2D eigenvalue weighted by Crippen LogP contribution is 2.17. The van der Waals surface area contributed by atoms with Crippen molar-refractivity contribution in [3.05, 3.63) is 0 Å². The van der Waals surface area contributed by atoms with Gasteiger partial charge in [-0.3, -0.25) is 4.79 Å². The molecule has 0 aromatic heterocycles. The third-order valence-electron chi connectivity index (χ3n) is 2.01. The van der Waals surface area contributed by atoms with E-state index in [0.29, 0.717) is 6.41 Å². The Balaban J connectivity index is 2.32. The summed E-state index contributed by atoms with van der Waals surface area (Å²) in [5.74, 6) is 0. The minimum atomic E-state index is -0.320. The lowest BCUT2D eigenvalue weighted by Crippen LogP contribution is -2.41. The van der Waals surface area contributed by atoms with E-state index in [1.165, 1.54) is 0 Å². The molecule has 1 aliphatic rings. The molecule has 3 nitrogen and oxygen atoms in total. The zero-order chi connectivity index (χ0) is 7.40. The van der Waals surface area contributed by atoms with Gasteiger partial charge in [0.25, 0.3) is 0 Å². The van der Waals surface area contributed by atoms with Crippen LogP contribution in [0.5, 0.6) is 0 Å². The van der Waals surface area contributed by atoms with E-state index in [4.69, 9.17) is 0 Å². The van der Waals surface area contributed by atoms with Gasteiger partial charge in [0.1, 0.15) is 0 Å². The zero-order valence-corrected chi connectivity index (χ0v) is 5.92. The molecule has 3 heteroatoms. The summed E-state index contributed by atoms with van der Waals surface area (Å²) in [6.07, 6.45) is 4.28. The molecule has 0 spiro atoms. The Bertz CT molecular complexity index is 116. The molecule has 1 amide bonds. The van der Waals surface area contributed by atoms with Crippen LogP contribution in [-0.2, 0) is 4.79 Å². The van der Waals surface area contributed by atoms with Crippen molar-refractivity contribution in [1.82, 2.24) is 5.32 Å². The highest BCUT2D eigenvalue weighted by molar-refractivity contribution is 5.46. The van der Waals surface area contributed by atoms with E-state index >= 15 is 0 Å². The van der Waals surface area contributed by atoms with E-state index in [-0.39, 0.29) is 12.1 Å². The lowest BCUT2D eigenvalue weighted by atomic mass is 9.93. The van der Waals surface area contributed by atoms with Crippen molar-refractivity contribution in [3.63, 3.8) is 0 Å². The lowest BCUT2D eigenvalue weighted by Gasteiger charge is -2.26. The van der Waals surface area contributed by atoms with Gasteiger partial charge in [0, 0.05) is 0 Å². The van der Waals surface area contributed by atoms with Crippen LogP contribution in [-0.4, -0.2) is 23.7 Å². The molecule has 0 aromatic rings. The zero-order valence-electron chi connectivity index (χ0n) is 5.92. The van der Waals surface area contributed by atoms with Crippen molar-refractivity contribution in [2.45, 2.75) is 37.8 Å². The fourth-order valence-electron chi connectivity index (χ4n) is 1.39. The van der Waals surface area contributed by atoms with E-state index < -0.39 is 0 Å². The number of aliphatic hydroxyl groups is 1. The van der Waals surface area contributed by atoms with Crippen molar-refractivity contribution >= 4 is 6.41 Å². The fourth-order valence-corrected chi connectivity index (χ4v) is 1.39. The van der Waals surface area contributed by atoms with E-state index in [9.17, 15) is 9.90 Å². The van der Waals surface area contributed by atoms with Gasteiger partial charge in [-0.2, -0.15) is 0 Å². The first kappa shape index (κ1) is 7.54. The molecule has 0 aliphatic heterocycles. The second-order valence-corrected chi connectivity index (χ2v) is 2.74. The Morgan fingerprint density at radius 1 is 1.40 bits per heavy atom. The molecule has 58 valence electrons. The van der Waals surface area contributed by atoms with Gasteiger partial charge in [-0.1, -0.05) is 12.8 Å². The molecule has 0 heterocycles. The maximum absolute atomic E-state index is 10.00. The standard InChI is InChI=1S/C7H13NO2/c9-5-8-6-3-1-2-4-7(6)10/h5-7,10H,1-4H2,(H,8,9)/t6-,7?/m0/s1. The van der Waals surface area contributed by atoms with Gasteiger partial charge >= 0.3 is 0 Å². The van der Waals surface area contributed by atoms with Crippen molar-refractivity contribution in [1.29, 1.82) is 0 Å². The van der Waals surface area contributed by atoms with Crippen molar-refractivity contribution in [3.8, 4) is 0 Å². The van der Waals surface area contributed by atoms with Crippen LogP contribution in [0.15, 0.2) is 0 Å². The summed E-state index contributed by atoms with van der Waals surface area (Å²) >= 11 is 0. The fraction of sp³-hybridized carbons (Fsp3) is 0.857. The Morgan fingerprint density at radius 2 is 2.10 bits per heavy atom. The Labute approximate surface area is 60.4 Å². The van der Waals surface area contributed by atoms with Crippen molar-refractivity contribution in [2.24, 2.45) is 0 Å². The van der Waals surface area contributed by atoms with Gasteiger partial charge in [0.15, 0.2) is 0 Å². The smallest absolute Gasteiger partial charge is 0.207 e. The van der Waals surface area contributed by atoms with Gasteiger partial charge in [0.05, 0.1) is 12.1 Å². The first-order valence-electron chi connectivity index (χ1n) is 3.72. The molecule has 0 saturated heterocycles. The van der Waals surface area contributed by atoms with Gasteiger partial charge in [-0.25, -0.2) is 0 Å². The molecule has 1 saturated carbocycles. The maximum atomic E-state index is 10.00. The van der Waals surface area contributed by atoms with Crippen LogP contribution >= 0.6 is 0 Å². The van der Waals surface area contributed by atoms with Crippen LogP contribution in [0.25, 0.3) is 0 Å². The van der Waals surface area contributed by atoms with Gasteiger partial charge in [0.2, 0.25) is 6.41 Å². The molecule has 0 bridgehead atoms. The normalized spacial score (nSPS) is 33.3. The van der Waals surface area contributed by atoms with Crippen LogP contribution in [0.3, 0.4) is 0 Å². The van der Waals surface area contributed by atoms with Crippen LogP contribution in [0.1, 0.15) is 25.7 Å². The minimum absolute atomic E-state index is 0.00579. The average Bonchev–Trinajstić information content (AvgIpc) is 1.94. The highest BCUT2D eigenvalue weighted by atomic mass is 16.3. The molecule has 2 N–H and O–H groups in total. The quantitative estimate of drug-likeness (QED) is 0.536. The van der Waals surface area contributed by atoms with Crippen LogP contribution in [0.4, 0.5) is 0 Å². The number of carbonyl (C=O) groups excluding carboxylic acids is 1. The lowest BCUT2D eigenvalue weighted by molar-refractivity contribution is -0.111. The first-order valence-corrected chi connectivity index (χ1v) is 3.72. The van der Waals surface area contributed by atoms with Crippen molar-refractivity contribution in [2.75, 3.05) is 0 Å². The Morgan fingerprint density at radius 3 is 2.70 bits per heavy atom. The highest BCUT2D eigenvalue weighted by Gasteiger charge is 2.21. The molecule has 10 heavy (non-hydrogen) atoms. The summed E-state index contributed by atoms with van der Waals surface area (Å²) in [5, 5.41) is 11.9. The number of aliphatic hydroxyl groups excluding tert-OH is 1. The van der Waals surface area contributed by atoms with Gasteiger partial charge in [-0.15, -0.1) is 0 Å². The molecule has 1 rings (SSSR count). The number of nitrogens with one attached hydrogen (secondary N) is 1. The third-order valence-corrected chi connectivity index (χ3v) is 2.01. The number of hydrogen-bond acceptors (Lipinski definition) is 2. The van der Waals surface area contributed by atoms with E-state index in [2.05, 4.69) is 5.32 Å². The molecule has 1 aliphatic carbocycles. The number of hydrogen-bond donors (Lipinski definition) is 2. The Kier molecular flexibility index (Phi) is 2.68. The number of amides is 1. The molecule has 0 aromatic carbocycles. The number of carbonyl (C=O) groups is 1.